The van der Waals surface area contributed by atoms with E-state index in [1.165, 1.54) is 32.3 Å². The van der Waals surface area contributed by atoms with Crippen molar-refractivity contribution in [1.82, 2.24) is 14.7 Å². The average molecular weight is 1290 g/mol. The Hall–Kier alpha value is -9.49. The summed E-state index contributed by atoms with van der Waals surface area (Å²) in [4.78, 5) is 47.4. The Morgan fingerprint density at radius 1 is 0.479 bits per heavy atom. The van der Waals surface area contributed by atoms with Gasteiger partial charge in [0.15, 0.2) is 11.5 Å². The molecule has 3 atom stereocenters. The summed E-state index contributed by atoms with van der Waals surface area (Å²) in [7, 11) is 13.3. The maximum atomic E-state index is 13.5. The molecule has 0 aromatic heterocycles. The maximum Gasteiger partial charge on any atom is 0.231 e. The summed E-state index contributed by atoms with van der Waals surface area (Å²) in [6.07, 6.45) is 5.88. The Kier molecular flexibility index (Phi) is 24.1. The van der Waals surface area contributed by atoms with E-state index < -0.39 is 5.92 Å². The molecule has 0 aliphatic carbocycles. The molecule has 7 aromatic rings. The minimum atomic E-state index is -0.448. The van der Waals surface area contributed by atoms with Gasteiger partial charge in [0.2, 0.25) is 24.5 Å². The lowest BCUT2D eigenvalue weighted by molar-refractivity contribution is -0.135. The summed E-state index contributed by atoms with van der Waals surface area (Å²) < 4.78 is 48.9. The molecule has 500 valence electrons. The number of methoxy groups -OCH3 is 6. The van der Waals surface area contributed by atoms with Crippen LogP contribution in [0.5, 0.6) is 63.2 Å². The van der Waals surface area contributed by atoms with Gasteiger partial charge in [-0.1, -0.05) is 78.4 Å². The van der Waals surface area contributed by atoms with Crippen LogP contribution in [0.1, 0.15) is 120 Å². The van der Waals surface area contributed by atoms with E-state index in [-0.39, 0.29) is 72.9 Å². The van der Waals surface area contributed by atoms with Gasteiger partial charge in [-0.3, -0.25) is 14.4 Å². The lowest BCUT2D eigenvalue weighted by Crippen LogP contribution is -2.41. The predicted octanol–water partition coefficient (Wildman–Crippen LogP) is 12.2. The number of carbonyl (C=O) groups excluding carboxylic acids is 3. The number of carbonyl (C=O) groups is 3. The van der Waals surface area contributed by atoms with Crippen LogP contribution in [0, 0.1) is 6.92 Å². The van der Waals surface area contributed by atoms with Crippen LogP contribution in [-0.4, -0.2) is 164 Å². The number of aryl methyl sites for hydroxylation is 1. The zero-order chi connectivity index (χ0) is 66.8. The molecule has 11 rings (SSSR count). The molecule has 0 spiro atoms. The molecule has 0 bridgehead atoms. The molecule has 4 aliphatic heterocycles. The summed E-state index contributed by atoms with van der Waals surface area (Å²) in [5, 5.41) is 32.6. The Bertz CT molecular complexity index is 3640. The number of hydrogen-bond acceptors (Lipinski definition) is 16. The molecule has 3 unspecified atom stereocenters. The quantitative estimate of drug-likeness (QED) is 0.0648. The van der Waals surface area contributed by atoms with Crippen molar-refractivity contribution in [2.45, 2.75) is 82.0 Å². The molecule has 4 aliphatic rings. The van der Waals surface area contributed by atoms with Gasteiger partial charge in [0, 0.05) is 149 Å². The van der Waals surface area contributed by atoms with Gasteiger partial charge >= 0.3 is 0 Å². The summed E-state index contributed by atoms with van der Waals surface area (Å²) in [5.41, 5.74) is 8.06. The number of fused-ring (bicyclic) bond motifs is 1. The molecule has 19 heteroatoms. The first kappa shape index (κ1) is 68.9. The highest BCUT2D eigenvalue weighted by Crippen LogP contribution is 2.48. The van der Waals surface area contributed by atoms with Crippen molar-refractivity contribution >= 4 is 23.4 Å². The number of phenolic OH excluding ortho intramolecular Hbond substituents is 3. The average Bonchev–Trinajstić information content (AvgIpc) is 1.03. The molecule has 3 saturated heterocycles. The largest absolute Gasteiger partial charge is 0.507 e. The molecule has 3 amide bonds. The maximum absolute atomic E-state index is 13.5. The standard InChI is InChI=1S/C29H33NO4.C24H32N2O4.C22H25NO7/c1-20-9-11-23(12-10-20)25(29-26(31)17-24(33-2)18-27(29)34-3)19-28(32)30-15-13-22(14-16-30)21-7-5-4-6-8-21;1-25(2)18-10-8-17(9-11-18)20(16-23(28)26-12-6-5-7-13-26)24-21(27)14-19(29-3)15-22(24)30-4;1-26-15-10-17(24)22(20(11-15)27-2)16(12-21(25)23-5-7-28-8-6-23)14-3-4-18-19(9-14)30-13-29-18/h4-12,17-18,22,25,31H,13-16,19H2,1-3H3;8-11,14-15,20,27H,5-7,12-13,16H2,1-4H3;3-4,9-11,16,24H,5-8,12-13H2,1-2H3. The second kappa shape index (κ2) is 32.9. The van der Waals surface area contributed by atoms with Gasteiger partial charge in [-0.2, -0.15) is 0 Å². The summed E-state index contributed by atoms with van der Waals surface area (Å²) >= 11 is 0. The molecule has 4 heterocycles. The van der Waals surface area contributed by atoms with Crippen molar-refractivity contribution in [3.05, 3.63) is 178 Å². The normalized spacial score (nSPS) is 15.4. The van der Waals surface area contributed by atoms with Crippen LogP contribution < -0.4 is 42.8 Å². The summed E-state index contributed by atoms with van der Waals surface area (Å²) in [6.45, 7) is 7.44. The highest BCUT2D eigenvalue weighted by atomic mass is 16.7. The number of ether oxygens (including phenoxy) is 9. The Morgan fingerprint density at radius 2 is 0.894 bits per heavy atom. The highest BCUT2D eigenvalue weighted by Gasteiger charge is 2.34. The molecular weight excluding hydrogens is 1200 g/mol. The van der Waals surface area contributed by atoms with Crippen molar-refractivity contribution in [2.24, 2.45) is 0 Å². The lowest BCUT2D eigenvalue weighted by atomic mass is 9.85. The number of benzene rings is 7. The van der Waals surface area contributed by atoms with E-state index in [4.69, 9.17) is 42.6 Å². The molecule has 0 saturated carbocycles. The number of anilines is 1. The molecule has 0 radical (unpaired) electrons. The number of likely N-dealkylation sites (tertiary alicyclic amines) is 2. The van der Waals surface area contributed by atoms with Crippen LogP contribution in [0.4, 0.5) is 5.69 Å². The highest BCUT2D eigenvalue weighted by molar-refractivity contribution is 5.80. The zero-order valence-electron chi connectivity index (χ0n) is 55.6. The number of amides is 3. The van der Waals surface area contributed by atoms with E-state index in [2.05, 4.69) is 24.3 Å². The number of aromatic hydroxyl groups is 3. The Morgan fingerprint density at radius 3 is 1.34 bits per heavy atom. The van der Waals surface area contributed by atoms with E-state index in [1.54, 1.807) is 63.7 Å². The Balaban J connectivity index is 0.000000166. The number of piperidine rings is 2. The lowest BCUT2D eigenvalue weighted by Gasteiger charge is -2.33. The topological polar surface area (TPSA) is 208 Å². The van der Waals surface area contributed by atoms with Crippen molar-refractivity contribution in [2.75, 3.05) is 121 Å². The third-order valence-corrected chi connectivity index (χ3v) is 18.1. The van der Waals surface area contributed by atoms with Gasteiger partial charge in [0.05, 0.1) is 55.9 Å². The first-order chi connectivity index (χ1) is 45.5. The number of phenols is 3. The van der Waals surface area contributed by atoms with E-state index in [0.717, 1.165) is 79.8 Å². The molecule has 94 heavy (non-hydrogen) atoms. The number of hydrogen-bond donors (Lipinski definition) is 3. The minimum Gasteiger partial charge on any atom is -0.507 e. The van der Waals surface area contributed by atoms with Gasteiger partial charge in [0.1, 0.15) is 51.7 Å². The fraction of sp³-hybridized carbons (Fsp3) is 0.400. The predicted molar refractivity (Wildman–Crippen MR) is 360 cm³/mol. The number of nitrogens with zero attached hydrogens (tertiary/aromatic N) is 4. The van der Waals surface area contributed by atoms with Crippen LogP contribution in [0.15, 0.2) is 133 Å². The number of rotatable bonds is 20. The van der Waals surface area contributed by atoms with Crippen LogP contribution in [0.3, 0.4) is 0 Å². The second-order valence-corrected chi connectivity index (χ2v) is 24.1. The van der Waals surface area contributed by atoms with Crippen molar-refractivity contribution in [1.29, 1.82) is 0 Å². The zero-order valence-corrected chi connectivity index (χ0v) is 55.6. The second-order valence-electron chi connectivity index (χ2n) is 24.1. The van der Waals surface area contributed by atoms with Gasteiger partial charge in [-0.05, 0) is 91.5 Å². The van der Waals surface area contributed by atoms with Crippen molar-refractivity contribution in [3.63, 3.8) is 0 Å². The van der Waals surface area contributed by atoms with Gasteiger partial charge in [-0.25, -0.2) is 0 Å². The van der Waals surface area contributed by atoms with Crippen molar-refractivity contribution < 1.29 is 72.3 Å². The van der Waals surface area contributed by atoms with E-state index >= 15 is 0 Å². The SMILES string of the molecule is COc1cc(O)c(C(CC(=O)N2CCC(c3ccccc3)CC2)c2ccc(C)cc2)c(OC)c1.COc1cc(O)c(C(CC(=O)N2CCCCC2)c2ccc(N(C)C)cc2)c(OC)c1.COc1cc(O)c(C(CC(=O)N2CCOCC2)c2ccc3c(c2)OCO3)c(OC)c1. The Labute approximate surface area is 552 Å². The minimum absolute atomic E-state index is 0.00337. The van der Waals surface area contributed by atoms with Crippen LogP contribution in [-0.2, 0) is 19.1 Å². The molecular formula is C75H90N4O15. The van der Waals surface area contributed by atoms with Gasteiger partial charge in [-0.15, -0.1) is 0 Å². The number of morpholine rings is 1. The van der Waals surface area contributed by atoms with Gasteiger partial charge in [0.25, 0.3) is 0 Å². The fourth-order valence-corrected chi connectivity index (χ4v) is 12.8. The van der Waals surface area contributed by atoms with Crippen LogP contribution in [0.25, 0.3) is 0 Å². The third kappa shape index (κ3) is 17.0. The van der Waals surface area contributed by atoms with Crippen LogP contribution >= 0.6 is 0 Å². The van der Waals surface area contributed by atoms with Crippen LogP contribution in [0.2, 0.25) is 0 Å². The molecule has 7 aromatic carbocycles. The molecule has 19 nitrogen and oxygen atoms in total. The summed E-state index contributed by atoms with van der Waals surface area (Å²) in [6, 6.07) is 42.2. The first-order valence-corrected chi connectivity index (χ1v) is 32.1. The van der Waals surface area contributed by atoms with E-state index in [1.807, 2.05) is 109 Å². The molecule has 3 N–H and O–H groups in total. The molecule has 3 fully saturated rings. The van der Waals surface area contributed by atoms with E-state index in [0.29, 0.717) is 94.9 Å². The third-order valence-electron chi connectivity index (χ3n) is 18.1. The van der Waals surface area contributed by atoms with E-state index in [9.17, 15) is 29.7 Å². The summed E-state index contributed by atoms with van der Waals surface area (Å²) in [5.74, 6) is 3.94. The fourth-order valence-electron chi connectivity index (χ4n) is 12.8. The smallest absolute Gasteiger partial charge is 0.231 e. The van der Waals surface area contributed by atoms with Crippen molar-refractivity contribution in [3.8, 4) is 63.2 Å². The first-order valence-electron chi connectivity index (χ1n) is 32.1. The van der Waals surface area contributed by atoms with Gasteiger partial charge < -0.3 is 77.6 Å². The monoisotopic (exact) mass is 1290 g/mol.